The monoisotopic (exact) mass is 289 g/mol. The SMILES string of the molecule is CN1CCCC(CNC(=O)c2cccc3c2OCCN3)C1. The van der Waals surface area contributed by atoms with E-state index in [2.05, 4.69) is 22.6 Å². The molecule has 2 heterocycles. The van der Waals surface area contributed by atoms with E-state index < -0.39 is 0 Å². The number of benzene rings is 1. The van der Waals surface area contributed by atoms with Crippen molar-refractivity contribution in [3.05, 3.63) is 23.8 Å². The zero-order chi connectivity index (χ0) is 14.7. The van der Waals surface area contributed by atoms with Gasteiger partial charge in [0.25, 0.3) is 5.91 Å². The van der Waals surface area contributed by atoms with Crippen LogP contribution in [0.1, 0.15) is 23.2 Å². The van der Waals surface area contributed by atoms with E-state index in [0.717, 1.165) is 31.9 Å². The molecule has 1 fully saturated rings. The molecule has 1 aromatic carbocycles. The van der Waals surface area contributed by atoms with Crippen LogP contribution in [0.15, 0.2) is 18.2 Å². The van der Waals surface area contributed by atoms with Crippen molar-refractivity contribution in [3.63, 3.8) is 0 Å². The summed E-state index contributed by atoms with van der Waals surface area (Å²) in [7, 11) is 2.14. The van der Waals surface area contributed by atoms with Crippen molar-refractivity contribution in [2.24, 2.45) is 5.92 Å². The normalized spacial score (nSPS) is 21.9. The Morgan fingerprint density at radius 1 is 1.52 bits per heavy atom. The second-order valence-corrected chi connectivity index (χ2v) is 5.94. The summed E-state index contributed by atoms with van der Waals surface area (Å²) in [5.74, 6) is 1.19. The third-order valence-electron chi connectivity index (χ3n) is 4.20. The molecule has 1 atom stereocenters. The van der Waals surface area contributed by atoms with Gasteiger partial charge in [-0.15, -0.1) is 0 Å². The van der Waals surface area contributed by atoms with Gasteiger partial charge in [0.1, 0.15) is 6.61 Å². The number of ether oxygens (including phenoxy) is 1. The van der Waals surface area contributed by atoms with Crippen LogP contribution in [0.3, 0.4) is 0 Å². The van der Waals surface area contributed by atoms with Gasteiger partial charge in [-0.25, -0.2) is 0 Å². The lowest BCUT2D eigenvalue weighted by atomic mass is 9.98. The fourth-order valence-electron chi connectivity index (χ4n) is 3.12. The van der Waals surface area contributed by atoms with Crippen molar-refractivity contribution in [3.8, 4) is 5.75 Å². The second-order valence-electron chi connectivity index (χ2n) is 5.94. The highest BCUT2D eigenvalue weighted by atomic mass is 16.5. The van der Waals surface area contributed by atoms with Crippen molar-refractivity contribution in [1.29, 1.82) is 0 Å². The number of fused-ring (bicyclic) bond motifs is 1. The van der Waals surface area contributed by atoms with E-state index in [1.165, 1.54) is 12.8 Å². The first-order valence-corrected chi connectivity index (χ1v) is 7.70. The van der Waals surface area contributed by atoms with Gasteiger partial charge in [-0.1, -0.05) is 6.07 Å². The van der Waals surface area contributed by atoms with Crippen LogP contribution in [0.2, 0.25) is 0 Å². The van der Waals surface area contributed by atoms with E-state index in [-0.39, 0.29) is 5.91 Å². The third-order valence-corrected chi connectivity index (χ3v) is 4.20. The van der Waals surface area contributed by atoms with Gasteiger partial charge >= 0.3 is 0 Å². The number of anilines is 1. The maximum absolute atomic E-state index is 12.4. The average Bonchev–Trinajstić information content (AvgIpc) is 2.52. The lowest BCUT2D eigenvalue weighted by Crippen LogP contribution is -2.39. The smallest absolute Gasteiger partial charge is 0.255 e. The summed E-state index contributed by atoms with van der Waals surface area (Å²) < 4.78 is 5.65. The van der Waals surface area contributed by atoms with Crippen LogP contribution in [0.5, 0.6) is 5.75 Å². The average molecular weight is 289 g/mol. The number of nitrogens with one attached hydrogen (secondary N) is 2. The molecule has 0 radical (unpaired) electrons. The Labute approximate surface area is 125 Å². The summed E-state index contributed by atoms with van der Waals surface area (Å²) in [5, 5.41) is 6.32. The predicted molar refractivity (Wildman–Crippen MR) is 83.0 cm³/mol. The van der Waals surface area contributed by atoms with Gasteiger partial charge in [0.05, 0.1) is 11.3 Å². The lowest BCUT2D eigenvalue weighted by Gasteiger charge is -2.29. The van der Waals surface area contributed by atoms with Crippen LogP contribution in [0, 0.1) is 5.92 Å². The van der Waals surface area contributed by atoms with Crippen LogP contribution in [-0.4, -0.2) is 50.6 Å². The first kappa shape index (κ1) is 14.2. The summed E-state index contributed by atoms with van der Waals surface area (Å²) in [5.41, 5.74) is 1.54. The minimum absolute atomic E-state index is 0.0382. The van der Waals surface area contributed by atoms with E-state index in [1.807, 2.05) is 18.2 Å². The molecule has 21 heavy (non-hydrogen) atoms. The molecule has 0 spiro atoms. The highest BCUT2D eigenvalue weighted by molar-refractivity contribution is 5.98. The van der Waals surface area contributed by atoms with Crippen molar-refractivity contribution in [1.82, 2.24) is 10.2 Å². The third kappa shape index (κ3) is 3.29. The van der Waals surface area contributed by atoms with E-state index in [9.17, 15) is 4.79 Å². The van der Waals surface area contributed by atoms with Crippen LogP contribution in [-0.2, 0) is 0 Å². The number of carbonyl (C=O) groups excluding carboxylic acids is 1. The standard InChI is InChI=1S/C16H23N3O2/c1-19-8-3-4-12(11-19)10-18-16(20)13-5-2-6-14-15(13)21-9-7-17-14/h2,5-6,12,17H,3-4,7-11H2,1H3,(H,18,20). The molecule has 2 N–H and O–H groups in total. The number of para-hydroxylation sites is 1. The van der Waals surface area contributed by atoms with Gasteiger partial charge in [-0.2, -0.15) is 0 Å². The van der Waals surface area contributed by atoms with E-state index >= 15 is 0 Å². The number of likely N-dealkylation sites (tertiary alicyclic amines) is 1. The first-order chi connectivity index (χ1) is 10.2. The Morgan fingerprint density at radius 2 is 2.43 bits per heavy atom. The fraction of sp³-hybridized carbons (Fsp3) is 0.562. The molecule has 0 aliphatic carbocycles. The Bertz CT molecular complexity index is 518. The van der Waals surface area contributed by atoms with Crippen molar-refractivity contribution < 1.29 is 9.53 Å². The predicted octanol–water partition coefficient (Wildman–Crippen LogP) is 1.56. The highest BCUT2D eigenvalue weighted by Gasteiger charge is 2.21. The maximum Gasteiger partial charge on any atom is 0.255 e. The topological polar surface area (TPSA) is 53.6 Å². The second kappa shape index (κ2) is 6.35. The molecule has 5 nitrogen and oxygen atoms in total. The van der Waals surface area contributed by atoms with Gasteiger partial charge < -0.3 is 20.3 Å². The Hall–Kier alpha value is -1.75. The molecule has 0 saturated carbocycles. The van der Waals surface area contributed by atoms with Gasteiger partial charge in [-0.05, 0) is 44.5 Å². The van der Waals surface area contributed by atoms with Crippen LogP contribution in [0.25, 0.3) is 0 Å². The summed E-state index contributed by atoms with van der Waals surface area (Å²) in [4.78, 5) is 14.7. The molecule has 1 unspecified atom stereocenters. The zero-order valence-corrected chi connectivity index (χ0v) is 12.5. The minimum atomic E-state index is -0.0382. The highest BCUT2D eigenvalue weighted by Crippen LogP contribution is 2.31. The molecular weight excluding hydrogens is 266 g/mol. The number of piperidine rings is 1. The number of carbonyl (C=O) groups is 1. The van der Waals surface area contributed by atoms with Gasteiger partial charge in [0.2, 0.25) is 0 Å². The zero-order valence-electron chi connectivity index (χ0n) is 12.5. The maximum atomic E-state index is 12.4. The van der Waals surface area contributed by atoms with Crippen LogP contribution in [0.4, 0.5) is 5.69 Å². The lowest BCUT2D eigenvalue weighted by molar-refractivity contribution is 0.0932. The fourth-order valence-corrected chi connectivity index (χ4v) is 3.12. The summed E-state index contributed by atoms with van der Waals surface area (Å²) >= 11 is 0. The molecule has 1 saturated heterocycles. The van der Waals surface area contributed by atoms with E-state index in [1.54, 1.807) is 0 Å². The van der Waals surface area contributed by atoms with Gasteiger partial charge in [0, 0.05) is 19.6 Å². The molecule has 1 aromatic rings. The molecule has 3 rings (SSSR count). The number of nitrogens with zero attached hydrogens (tertiary/aromatic N) is 1. The summed E-state index contributed by atoms with van der Waals surface area (Å²) in [6.07, 6.45) is 2.40. The Morgan fingerprint density at radius 3 is 3.29 bits per heavy atom. The quantitative estimate of drug-likeness (QED) is 0.887. The van der Waals surface area contributed by atoms with Gasteiger partial charge in [-0.3, -0.25) is 4.79 Å². The van der Waals surface area contributed by atoms with Gasteiger partial charge in [0.15, 0.2) is 5.75 Å². The van der Waals surface area contributed by atoms with Crippen molar-refractivity contribution in [2.45, 2.75) is 12.8 Å². The number of hydrogen-bond acceptors (Lipinski definition) is 4. The number of amides is 1. The molecule has 2 aliphatic heterocycles. The summed E-state index contributed by atoms with van der Waals surface area (Å²) in [6.45, 7) is 4.35. The van der Waals surface area contributed by atoms with Crippen molar-refractivity contribution in [2.75, 3.05) is 45.2 Å². The molecule has 2 aliphatic rings. The van der Waals surface area contributed by atoms with Crippen LogP contribution < -0.4 is 15.4 Å². The molecule has 5 heteroatoms. The Kier molecular flexibility index (Phi) is 4.29. The molecule has 1 amide bonds. The van der Waals surface area contributed by atoms with Crippen LogP contribution >= 0.6 is 0 Å². The number of rotatable bonds is 3. The number of hydrogen-bond donors (Lipinski definition) is 2. The summed E-state index contributed by atoms with van der Waals surface area (Å²) in [6, 6.07) is 5.67. The molecular formula is C16H23N3O2. The van der Waals surface area contributed by atoms with E-state index in [0.29, 0.717) is 23.8 Å². The minimum Gasteiger partial charge on any atom is -0.489 e. The molecule has 114 valence electrons. The Balaban J connectivity index is 1.63. The first-order valence-electron chi connectivity index (χ1n) is 7.70. The van der Waals surface area contributed by atoms with E-state index in [4.69, 9.17) is 4.74 Å². The molecule has 0 bridgehead atoms. The van der Waals surface area contributed by atoms with Crippen molar-refractivity contribution >= 4 is 11.6 Å². The largest absolute Gasteiger partial charge is 0.489 e. The molecule has 0 aromatic heterocycles.